The highest BCUT2D eigenvalue weighted by Gasteiger charge is 2.51. The normalized spacial score (nSPS) is 33.0. The lowest BCUT2D eigenvalue weighted by molar-refractivity contribution is -0.0682. The molecular weight excluding hydrogens is 267 g/mol. The monoisotopic (exact) mass is 282 g/mol. The van der Waals surface area contributed by atoms with Gasteiger partial charge in [-0.2, -0.15) is 4.39 Å². The minimum Gasteiger partial charge on any atom is -0.388 e. The largest absolute Gasteiger partial charge is 0.388 e. The van der Waals surface area contributed by atoms with Gasteiger partial charge in [-0.1, -0.05) is 19.8 Å². The number of aromatic amines is 1. The van der Waals surface area contributed by atoms with Gasteiger partial charge in [-0.05, 0) is 6.42 Å². The molecule has 0 bridgehead atoms. The molecule has 1 aliphatic rings. The fourth-order valence-electron chi connectivity index (χ4n) is 2.46. The van der Waals surface area contributed by atoms with Gasteiger partial charge in [0.1, 0.15) is 11.7 Å². The molecule has 2 N–H and O–H groups in total. The average molecular weight is 282 g/mol. The first-order chi connectivity index (χ1) is 9.36. The Morgan fingerprint density at radius 3 is 2.80 bits per heavy atom. The van der Waals surface area contributed by atoms with Crippen LogP contribution < -0.4 is 11.2 Å². The summed E-state index contributed by atoms with van der Waals surface area (Å²) in [5.74, 6) is 0.912. The van der Waals surface area contributed by atoms with E-state index in [1.165, 1.54) is 0 Å². The van der Waals surface area contributed by atoms with Crippen molar-refractivity contribution in [3.05, 3.63) is 32.9 Å². The van der Waals surface area contributed by atoms with Gasteiger partial charge in [-0.15, -0.1) is 6.42 Å². The molecule has 1 fully saturated rings. The van der Waals surface area contributed by atoms with Crippen LogP contribution in [0, 0.1) is 24.1 Å². The SMILES string of the molecule is C#C[C@]1(CC)O[C@@H](n2cc(F)c(=O)[nH]c2=O)C(O)C1C. The molecule has 108 valence electrons. The molecule has 0 amide bonds. The molecule has 20 heavy (non-hydrogen) atoms. The predicted octanol–water partition coefficient (Wildman–Crippen LogP) is -0.0165. The number of rotatable bonds is 2. The maximum atomic E-state index is 13.3. The van der Waals surface area contributed by atoms with E-state index in [0.29, 0.717) is 12.6 Å². The highest BCUT2D eigenvalue weighted by molar-refractivity contribution is 5.16. The maximum absolute atomic E-state index is 13.3. The van der Waals surface area contributed by atoms with Crippen LogP contribution in [0.1, 0.15) is 26.5 Å². The molecule has 0 aliphatic carbocycles. The molecule has 1 aliphatic heterocycles. The summed E-state index contributed by atoms with van der Waals surface area (Å²) in [6.45, 7) is 3.49. The van der Waals surface area contributed by atoms with Crippen LogP contribution in [0.15, 0.2) is 15.8 Å². The predicted molar refractivity (Wildman–Crippen MR) is 68.4 cm³/mol. The quantitative estimate of drug-likeness (QED) is 0.747. The number of nitrogens with zero attached hydrogens (tertiary/aromatic N) is 1. The summed E-state index contributed by atoms with van der Waals surface area (Å²) >= 11 is 0. The lowest BCUT2D eigenvalue weighted by Gasteiger charge is -2.25. The minimum absolute atomic E-state index is 0.429. The van der Waals surface area contributed by atoms with E-state index in [-0.39, 0.29) is 0 Å². The molecule has 0 saturated carbocycles. The molecule has 6 nitrogen and oxygen atoms in total. The van der Waals surface area contributed by atoms with Gasteiger partial charge in [-0.25, -0.2) is 4.79 Å². The van der Waals surface area contributed by atoms with Gasteiger partial charge in [0.2, 0.25) is 5.82 Å². The van der Waals surface area contributed by atoms with Gasteiger partial charge in [0.25, 0.3) is 5.56 Å². The number of terminal acetylenes is 1. The Morgan fingerprint density at radius 1 is 1.65 bits per heavy atom. The van der Waals surface area contributed by atoms with Gasteiger partial charge in [0.05, 0.1) is 6.20 Å². The van der Waals surface area contributed by atoms with Gasteiger partial charge in [0.15, 0.2) is 6.23 Å². The first-order valence-corrected chi connectivity index (χ1v) is 6.21. The molecule has 4 atom stereocenters. The third-order valence-corrected chi connectivity index (χ3v) is 3.84. The summed E-state index contributed by atoms with van der Waals surface area (Å²) < 4.78 is 19.7. The third-order valence-electron chi connectivity index (χ3n) is 3.84. The van der Waals surface area contributed by atoms with E-state index in [1.807, 2.05) is 4.98 Å². The van der Waals surface area contributed by atoms with Crippen LogP contribution in [0.4, 0.5) is 4.39 Å². The number of hydrogen-bond acceptors (Lipinski definition) is 4. The highest BCUT2D eigenvalue weighted by Crippen LogP contribution is 2.42. The zero-order valence-corrected chi connectivity index (χ0v) is 11.1. The summed E-state index contributed by atoms with van der Waals surface area (Å²) in [6.07, 6.45) is 4.37. The fourth-order valence-corrected chi connectivity index (χ4v) is 2.46. The summed E-state index contributed by atoms with van der Waals surface area (Å²) in [5.41, 5.74) is -3.02. The van der Waals surface area contributed by atoms with E-state index in [2.05, 4.69) is 5.92 Å². The van der Waals surface area contributed by atoms with E-state index < -0.39 is 40.9 Å². The molecule has 2 unspecified atom stereocenters. The van der Waals surface area contributed by atoms with Crippen molar-refractivity contribution < 1.29 is 14.2 Å². The van der Waals surface area contributed by atoms with Crippen LogP contribution in [0.3, 0.4) is 0 Å². The second-order valence-electron chi connectivity index (χ2n) is 4.82. The molecule has 1 saturated heterocycles. The Hall–Kier alpha value is -1.91. The lowest BCUT2D eigenvalue weighted by Crippen LogP contribution is -2.37. The molecular formula is C13H15FN2O4. The Labute approximate surface area is 114 Å². The summed E-state index contributed by atoms with van der Waals surface area (Å²) in [5, 5.41) is 10.2. The Balaban J connectivity index is 2.51. The van der Waals surface area contributed by atoms with E-state index in [1.54, 1.807) is 13.8 Å². The van der Waals surface area contributed by atoms with Crippen molar-refractivity contribution >= 4 is 0 Å². The van der Waals surface area contributed by atoms with E-state index >= 15 is 0 Å². The summed E-state index contributed by atoms with van der Waals surface area (Å²) in [7, 11) is 0. The lowest BCUT2D eigenvalue weighted by atomic mass is 9.85. The van der Waals surface area contributed by atoms with Gasteiger partial charge in [0, 0.05) is 5.92 Å². The Kier molecular flexibility index (Phi) is 3.54. The van der Waals surface area contributed by atoms with E-state index in [9.17, 15) is 19.1 Å². The van der Waals surface area contributed by atoms with Crippen molar-refractivity contribution in [2.24, 2.45) is 5.92 Å². The molecule has 1 aromatic rings. The Bertz CT molecular complexity index is 674. The summed E-state index contributed by atoms with van der Waals surface area (Å²) in [4.78, 5) is 24.5. The topological polar surface area (TPSA) is 84.3 Å². The maximum Gasteiger partial charge on any atom is 0.330 e. The van der Waals surface area contributed by atoms with Gasteiger partial charge in [-0.3, -0.25) is 14.3 Å². The van der Waals surface area contributed by atoms with Crippen molar-refractivity contribution in [2.45, 2.75) is 38.2 Å². The standard InChI is InChI=1S/C13H15FN2O4/c1-4-13(5-2)7(3)9(17)11(20-13)16-6-8(14)10(18)15-12(16)19/h1,6-7,9,11,17H,5H2,2-3H3,(H,15,18,19)/t7?,9?,11-,13-/m1/s1. The fraction of sp³-hybridized carbons (Fsp3) is 0.538. The van der Waals surface area contributed by atoms with Crippen LogP contribution >= 0.6 is 0 Å². The smallest absolute Gasteiger partial charge is 0.330 e. The van der Waals surface area contributed by atoms with Crippen LogP contribution in [-0.2, 0) is 4.74 Å². The minimum atomic E-state index is -1.14. The molecule has 1 aromatic heterocycles. The second-order valence-corrected chi connectivity index (χ2v) is 4.82. The number of aliphatic hydroxyl groups excluding tert-OH is 1. The number of nitrogens with one attached hydrogen (secondary N) is 1. The number of halogens is 1. The van der Waals surface area contributed by atoms with Crippen molar-refractivity contribution in [3.8, 4) is 12.3 Å². The van der Waals surface area contributed by atoms with Crippen LogP contribution in [0.2, 0.25) is 0 Å². The zero-order chi connectivity index (χ0) is 15.1. The summed E-state index contributed by atoms with van der Waals surface area (Å²) in [6, 6.07) is 0. The third kappa shape index (κ3) is 1.97. The molecule has 0 spiro atoms. The second kappa shape index (κ2) is 4.89. The van der Waals surface area contributed by atoms with Crippen LogP contribution in [0.25, 0.3) is 0 Å². The highest BCUT2D eigenvalue weighted by atomic mass is 19.1. The van der Waals surface area contributed by atoms with Crippen LogP contribution in [0.5, 0.6) is 0 Å². The van der Waals surface area contributed by atoms with Crippen molar-refractivity contribution in [2.75, 3.05) is 0 Å². The number of ether oxygens (including phenoxy) is 1. The average Bonchev–Trinajstić information content (AvgIpc) is 2.68. The van der Waals surface area contributed by atoms with E-state index in [4.69, 9.17) is 11.2 Å². The van der Waals surface area contributed by atoms with E-state index in [0.717, 1.165) is 4.57 Å². The molecule has 0 aromatic carbocycles. The zero-order valence-electron chi connectivity index (χ0n) is 11.1. The van der Waals surface area contributed by atoms with Crippen LogP contribution in [-0.4, -0.2) is 26.4 Å². The van der Waals surface area contributed by atoms with Crippen molar-refractivity contribution in [1.29, 1.82) is 0 Å². The number of hydrogen-bond donors (Lipinski definition) is 2. The first kappa shape index (κ1) is 14.5. The number of H-pyrrole nitrogens is 1. The Morgan fingerprint density at radius 2 is 2.30 bits per heavy atom. The number of aromatic nitrogens is 2. The number of aliphatic hydroxyl groups is 1. The van der Waals surface area contributed by atoms with Crippen molar-refractivity contribution in [1.82, 2.24) is 9.55 Å². The molecule has 7 heteroatoms. The van der Waals surface area contributed by atoms with Gasteiger partial charge < -0.3 is 9.84 Å². The van der Waals surface area contributed by atoms with Crippen molar-refractivity contribution in [3.63, 3.8) is 0 Å². The molecule has 0 radical (unpaired) electrons. The molecule has 2 rings (SSSR count). The first-order valence-electron chi connectivity index (χ1n) is 6.21. The molecule has 2 heterocycles. The van der Waals surface area contributed by atoms with Gasteiger partial charge >= 0.3 is 5.69 Å².